The summed E-state index contributed by atoms with van der Waals surface area (Å²) in [6.45, 7) is 9.92. The van der Waals surface area contributed by atoms with Gasteiger partial charge in [-0.05, 0) is 70.7 Å². The first-order valence-electron chi connectivity index (χ1n) is 18.2. The highest BCUT2D eigenvalue weighted by molar-refractivity contribution is 7.19. The highest BCUT2D eigenvalue weighted by atomic mass is 32.1. The van der Waals surface area contributed by atoms with Crippen molar-refractivity contribution < 1.29 is 4.42 Å². The minimum absolute atomic E-state index is 0.104. The summed E-state index contributed by atoms with van der Waals surface area (Å²) in [6, 6.07) is 51.5. The van der Waals surface area contributed by atoms with E-state index >= 15 is 0 Å². The summed E-state index contributed by atoms with van der Waals surface area (Å²) in [4.78, 5) is 4.17. The van der Waals surface area contributed by atoms with Crippen LogP contribution in [-0.2, 0) is 11.0 Å². The molecule has 0 saturated heterocycles. The summed E-state index contributed by atoms with van der Waals surface area (Å²) in [5.41, 5.74) is 12.2. The van der Waals surface area contributed by atoms with Gasteiger partial charge in [-0.25, -0.2) is 0 Å². The number of thiophene rings is 1. The molecule has 2 aromatic heterocycles. The van der Waals surface area contributed by atoms with Gasteiger partial charge in [0.25, 0.3) is 0 Å². The molecule has 0 bridgehead atoms. The van der Waals surface area contributed by atoms with Gasteiger partial charge in [0.05, 0.1) is 11.2 Å². The Kier molecular flexibility index (Phi) is 5.82. The molecule has 6 aromatic carbocycles. The molecule has 8 aromatic rings. The van der Waals surface area contributed by atoms with Crippen LogP contribution in [0, 0.1) is 0 Å². The Labute approximate surface area is 302 Å². The smallest absolute Gasteiger partial charge is 0.142 e. The molecule has 0 amide bonds. The predicted octanol–water partition coefficient (Wildman–Crippen LogP) is 13.4. The lowest BCUT2D eigenvalue weighted by Crippen LogP contribution is -2.57. The number of hydrogen-bond acceptors (Lipinski definition) is 3. The van der Waals surface area contributed by atoms with Crippen molar-refractivity contribution in [1.29, 1.82) is 0 Å². The standard InChI is InChI=1S/C48H37NOS/c1-28-40-29(2)43-42(35-27-26-31-18-8-9-20-33(31)44(35)50-43)47(3)36-22-12-14-24-38(36)49(37-23-13-10-19-32(37)30-16-6-5-7-17-30)48(4,45(40)47)46-41(28)34-21-11-15-25-39(34)51-46/h5-29H,1-4H3. The Balaban J connectivity index is 1.33. The van der Waals surface area contributed by atoms with Crippen molar-refractivity contribution in [2.45, 2.75) is 50.5 Å². The molecule has 3 aliphatic rings. The lowest BCUT2D eigenvalue weighted by atomic mass is 9.51. The van der Waals surface area contributed by atoms with Crippen LogP contribution < -0.4 is 4.90 Å². The van der Waals surface area contributed by atoms with Crippen molar-refractivity contribution in [1.82, 2.24) is 0 Å². The van der Waals surface area contributed by atoms with Crippen LogP contribution in [0.15, 0.2) is 155 Å². The Hall–Kier alpha value is -5.38. The number of allylic oxidation sites excluding steroid dienone is 1. The van der Waals surface area contributed by atoms with Gasteiger partial charge in [-0.3, -0.25) is 0 Å². The van der Waals surface area contributed by atoms with E-state index in [1.807, 2.05) is 11.3 Å². The van der Waals surface area contributed by atoms with E-state index in [-0.39, 0.29) is 11.8 Å². The lowest BCUT2D eigenvalue weighted by molar-refractivity contribution is 0.390. The number of rotatable bonds is 2. The number of hydrogen-bond donors (Lipinski definition) is 0. The van der Waals surface area contributed by atoms with Crippen molar-refractivity contribution in [3.63, 3.8) is 0 Å². The number of anilines is 2. The average Bonchev–Trinajstić information content (AvgIpc) is 3.78. The third-order valence-electron chi connectivity index (χ3n) is 12.6. The van der Waals surface area contributed by atoms with Crippen LogP contribution >= 0.6 is 11.3 Å². The number of fused-ring (bicyclic) bond motifs is 12. The van der Waals surface area contributed by atoms with Crippen molar-refractivity contribution in [3.8, 4) is 11.1 Å². The van der Waals surface area contributed by atoms with Gasteiger partial charge in [0.2, 0.25) is 0 Å². The Morgan fingerprint density at radius 3 is 2.16 bits per heavy atom. The van der Waals surface area contributed by atoms with E-state index in [9.17, 15) is 0 Å². The summed E-state index contributed by atoms with van der Waals surface area (Å²) in [5.74, 6) is 1.45. The van der Waals surface area contributed by atoms with Crippen LogP contribution in [0.4, 0.5) is 11.4 Å². The summed E-state index contributed by atoms with van der Waals surface area (Å²) in [5, 5.41) is 5.01. The van der Waals surface area contributed by atoms with E-state index in [2.05, 4.69) is 172 Å². The summed E-state index contributed by atoms with van der Waals surface area (Å²) < 4.78 is 8.57. The molecule has 4 atom stereocenters. The molecular weight excluding hydrogens is 639 g/mol. The topological polar surface area (TPSA) is 16.4 Å². The summed E-state index contributed by atoms with van der Waals surface area (Å²) in [6.07, 6.45) is 0. The molecule has 3 heterocycles. The average molecular weight is 676 g/mol. The van der Waals surface area contributed by atoms with Crippen LogP contribution in [0.3, 0.4) is 0 Å². The molecule has 0 radical (unpaired) electrons. The van der Waals surface area contributed by atoms with Crippen molar-refractivity contribution in [2.75, 3.05) is 4.90 Å². The molecule has 11 rings (SSSR count). The number of para-hydroxylation sites is 2. The predicted molar refractivity (Wildman–Crippen MR) is 214 cm³/mol. The van der Waals surface area contributed by atoms with Gasteiger partial charge in [-0.2, -0.15) is 0 Å². The van der Waals surface area contributed by atoms with Gasteiger partial charge < -0.3 is 9.32 Å². The largest absolute Gasteiger partial charge is 0.459 e. The molecule has 246 valence electrons. The van der Waals surface area contributed by atoms with Gasteiger partial charge in [0.15, 0.2) is 0 Å². The van der Waals surface area contributed by atoms with Crippen molar-refractivity contribution in [2.24, 2.45) is 0 Å². The fraction of sp³-hybridized carbons (Fsp3) is 0.167. The monoisotopic (exact) mass is 675 g/mol. The van der Waals surface area contributed by atoms with Gasteiger partial charge >= 0.3 is 0 Å². The number of benzene rings is 6. The van der Waals surface area contributed by atoms with E-state index in [4.69, 9.17) is 4.42 Å². The molecule has 0 N–H and O–H groups in total. The second-order valence-corrected chi connectivity index (χ2v) is 16.1. The first-order valence-corrected chi connectivity index (χ1v) is 19.0. The van der Waals surface area contributed by atoms with Gasteiger partial charge in [0, 0.05) is 54.4 Å². The van der Waals surface area contributed by atoms with Gasteiger partial charge in [-0.15, -0.1) is 11.3 Å². The fourth-order valence-electron chi connectivity index (χ4n) is 10.6. The van der Waals surface area contributed by atoms with Crippen LogP contribution in [0.1, 0.15) is 66.9 Å². The van der Waals surface area contributed by atoms with Crippen molar-refractivity contribution >= 4 is 54.5 Å². The maximum atomic E-state index is 7.22. The third-order valence-corrected chi connectivity index (χ3v) is 14.0. The van der Waals surface area contributed by atoms with E-state index in [0.717, 1.165) is 11.3 Å². The highest BCUT2D eigenvalue weighted by Crippen LogP contribution is 2.71. The minimum atomic E-state index is -0.485. The molecule has 0 fully saturated rings. The maximum absolute atomic E-state index is 7.22. The van der Waals surface area contributed by atoms with Gasteiger partial charge in [0.1, 0.15) is 11.3 Å². The molecule has 2 aliphatic carbocycles. The first kappa shape index (κ1) is 29.4. The van der Waals surface area contributed by atoms with Crippen LogP contribution in [0.25, 0.3) is 43.0 Å². The molecule has 4 unspecified atom stereocenters. The number of furan rings is 1. The SMILES string of the molecule is CC1C2=C3C(C)(c4ccccc4N(c4ccccc4-c4ccccc4)C3(C)c3sc4ccccc4c3C2C)c2c1oc1c2ccc2ccccc21. The van der Waals surface area contributed by atoms with Crippen LogP contribution in [-0.4, -0.2) is 0 Å². The first-order chi connectivity index (χ1) is 24.9. The van der Waals surface area contributed by atoms with Gasteiger partial charge in [-0.1, -0.05) is 135 Å². The quantitative estimate of drug-likeness (QED) is 0.170. The molecule has 1 aliphatic heterocycles. The third kappa shape index (κ3) is 3.53. The Bertz CT molecular complexity index is 2780. The Morgan fingerprint density at radius 1 is 0.627 bits per heavy atom. The molecule has 2 nitrogen and oxygen atoms in total. The van der Waals surface area contributed by atoms with E-state index < -0.39 is 11.0 Å². The van der Waals surface area contributed by atoms with Crippen molar-refractivity contribution in [3.05, 3.63) is 178 Å². The second-order valence-electron chi connectivity index (χ2n) is 15.1. The molecule has 0 saturated carbocycles. The zero-order valence-electron chi connectivity index (χ0n) is 29.2. The van der Waals surface area contributed by atoms with E-state index in [1.165, 1.54) is 81.5 Å². The van der Waals surface area contributed by atoms with Crippen LogP contribution in [0.2, 0.25) is 0 Å². The maximum Gasteiger partial charge on any atom is 0.142 e. The molecule has 0 spiro atoms. The Morgan fingerprint density at radius 2 is 1.31 bits per heavy atom. The van der Waals surface area contributed by atoms with E-state index in [0.29, 0.717) is 0 Å². The summed E-state index contributed by atoms with van der Waals surface area (Å²) >= 11 is 1.99. The molecule has 3 heteroatoms. The molecular formula is C48H37NOS. The summed E-state index contributed by atoms with van der Waals surface area (Å²) in [7, 11) is 0. The molecule has 51 heavy (non-hydrogen) atoms. The zero-order valence-corrected chi connectivity index (χ0v) is 30.0. The minimum Gasteiger partial charge on any atom is -0.459 e. The fourth-order valence-corrected chi connectivity index (χ4v) is 12.1. The van der Waals surface area contributed by atoms with Crippen LogP contribution in [0.5, 0.6) is 0 Å². The highest BCUT2D eigenvalue weighted by Gasteiger charge is 2.62. The zero-order chi connectivity index (χ0) is 34.2. The second kappa shape index (κ2) is 10.1. The van der Waals surface area contributed by atoms with E-state index in [1.54, 1.807) is 0 Å². The number of nitrogens with zero attached hydrogens (tertiary/aromatic N) is 1. The normalized spacial score (nSPS) is 23.3. The lowest BCUT2D eigenvalue weighted by Gasteiger charge is -2.60.